The van der Waals surface area contributed by atoms with Crippen molar-refractivity contribution in [3.8, 4) is 33.4 Å². The molecule has 1 N–H and O–H groups in total. The minimum Gasteiger partial charge on any atom is -0.504 e. The Hall–Kier alpha value is -3.18. The van der Waals surface area contributed by atoms with Gasteiger partial charge in [-0.15, -0.1) is 11.3 Å². The number of thiazole rings is 1. The quantitative estimate of drug-likeness (QED) is 0.565. The van der Waals surface area contributed by atoms with E-state index in [1.165, 1.54) is 11.3 Å². The third kappa shape index (κ3) is 2.75. The van der Waals surface area contributed by atoms with Crippen LogP contribution in [0.1, 0.15) is 5.69 Å². The first-order chi connectivity index (χ1) is 12.3. The molecule has 0 bridgehead atoms. The van der Waals surface area contributed by atoms with Crippen LogP contribution in [0.15, 0.2) is 72.6 Å². The van der Waals surface area contributed by atoms with Gasteiger partial charge < -0.3 is 5.11 Å². The first-order valence-corrected chi connectivity index (χ1v) is 8.67. The predicted molar refractivity (Wildman–Crippen MR) is 102 cm³/mol. The molecule has 0 saturated heterocycles. The highest BCUT2D eigenvalue weighted by Gasteiger charge is 2.22. The maximum Gasteiger partial charge on any atom is 0.211 e. The Balaban J connectivity index is 1.97. The Morgan fingerprint density at radius 1 is 0.960 bits per heavy atom. The van der Waals surface area contributed by atoms with Crippen molar-refractivity contribution < 1.29 is 5.11 Å². The van der Waals surface area contributed by atoms with Crippen molar-refractivity contribution in [1.29, 1.82) is 0 Å². The summed E-state index contributed by atoms with van der Waals surface area (Å²) in [4.78, 5) is 4.52. The van der Waals surface area contributed by atoms with Crippen molar-refractivity contribution in [2.75, 3.05) is 0 Å². The number of hydrogen-bond acceptors (Lipinski definition) is 4. The fourth-order valence-corrected chi connectivity index (χ4v) is 3.43. The van der Waals surface area contributed by atoms with Crippen LogP contribution in [0.2, 0.25) is 0 Å². The highest BCUT2D eigenvalue weighted by Crippen LogP contribution is 2.39. The first-order valence-electron chi connectivity index (χ1n) is 7.79. The molecule has 0 unspecified atom stereocenters. The van der Waals surface area contributed by atoms with Crippen LogP contribution in [0, 0.1) is 0 Å². The lowest BCUT2D eigenvalue weighted by molar-refractivity contribution is 0.479. The Morgan fingerprint density at radius 3 is 2.20 bits per heavy atom. The maximum absolute atomic E-state index is 10.9. The van der Waals surface area contributed by atoms with Crippen molar-refractivity contribution in [3.05, 3.63) is 78.3 Å². The number of aromatic hydroxyl groups is 1. The summed E-state index contributed by atoms with van der Waals surface area (Å²) in [5.74, 6) is 0.146. The van der Waals surface area contributed by atoms with Gasteiger partial charge in [0.1, 0.15) is 11.4 Å². The summed E-state index contributed by atoms with van der Waals surface area (Å²) in [5.41, 5.74) is 3.69. The second-order valence-corrected chi connectivity index (χ2v) is 6.29. The van der Waals surface area contributed by atoms with Crippen molar-refractivity contribution in [2.24, 2.45) is 0 Å². The standard InChI is InChI=1S/C20H15N3OS/c1-2-16-13-25-20(21-16)23-18(15-11-7-4-8-12-15)19(24)17(22-23)14-9-5-3-6-10-14/h2-13,24H,1H2. The molecule has 0 amide bonds. The normalized spacial score (nSPS) is 10.7. The van der Waals surface area contributed by atoms with Gasteiger partial charge in [-0.2, -0.15) is 5.10 Å². The van der Waals surface area contributed by atoms with Crippen molar-refractivity contribution in [2.45, 2.75) is 0 Å². The van der Waals surface area contributed by atoms with E-state index in [0.29, 0.717) is 16.5 Å². The summed E-state index contributed by atoms with van der Waals surface area (Å²) in [6, 6.07) is 19.4. The number of nitrogens with zero attached hydrogens (tertiary/aromatic N) is 3. The fourth-order valence-electron chi connectivity index (χ4n) is 2.66. The molecule has 4 nitrogen and oxygen atoms in total. The third-order valence-corrected chi connectivity index (χ3v) is 4.69. The molecule has 0 aliphatic rings. The van der Waals surface area contributed by atoms with Crippen LogP contribution in [0.25, 0.3) is 33.7 Å². The molecule has 0 radical (unpaired) electrons. The number of aromatic nitrogens is 3. The Kier molecular flexibility index (Phi) is 3.91. The van der Waals surface area contributed by atoms with E-state index in [1.807, 2.05) is 66.0 Å². The molecule has 25 heavy (non-hydrogen) atoms. The monoisotopic (exact) mass is 345 g/mol. The molecule has 0 aliphatic carbocycles. The minimum atomic E-state index is 0.146. The van der Waals surface area contributed by atoms with E-state index in [9.17, 15) is 5.11 Å². The van der Waals surface area contributed by atoms with E-state index in [4.69, 9.17) is 0 Å². The van der Waals surface area contributed by atoms with Crippen molar-refractivity contribution >= 4 is 17.4 Å². The van der Waals surface area contributed by atoms with Gasteiger partial charge in [-0.3, -0.25) is 0 Å². The predicted octanol–water partition coefficient (Wildman–Crippen LogP) is 5.01. The van der Waals surface area contributed by atoms with Crippen LogP contribution < -0.4 is 0 Å². The van der Waals surface area contributed by atoms with Gasteiger partial charge in [0.25, 0.3) is 0 Å². The molecule has 4 aromatic rings. The van der Waals surface area contributed by atoms with Gasteiger partial charge in [0.2, 0.25) is 5.13 Å². The van der Waals surface area contributed by atoms with Gasteiger partial charge in [0.15, 0.2) is 5.75 Å². The highest BCUT2D eigenvalue weighted by atomic mass is 32.1. The Labute approximate surface area is 149 Å². The molecule has 0 spiro atoms. The molecule has 5 heteroatoms. The van der Waals surface area contributed by atoms with Crippen LogP contribution in [-0.2, 0) is 0 Å². The molecule has 0 atom stereocenters. The van der Waals surface area contributed by atoms with Crippen molar-refractivity contribution in [3.63, 3.8) is 0 Å². The molecule has 122 valence electrons. The second kappa shape index (κ2) is 6.37. The van der Waals surface area contributed by atoms with Crippen LogP contribution in [0.5, 0.6) is 5.75 Å². The molecule has 0 saturated carbocycles. The minimum absolute atomic E-state index is 0.146. The first kappa shape index (κ1) is 15.4. The van der Waals surface area contributed by atoms with Gasteiger partial charge in [-0.25, -0.2) is 9.67 Å². The van der Waals surface area contributed by atoms with E-state index in [2.05, 4.69) is 16.7 Å². The second-order valence-electron chi connectivity index (χ2n) is 5.45. The van der Waals surface area contributed by atoms with Crippen molar-refractivity contribution in [1.82, 2.24) is 14.8 Å². The smallest absolute Gasteiger partial charge is 0.211 e. The van der Waals surface area contributed by atoms with E-state index in [-0.39, 0.29) is 5.75 Å². The Bertz CT molecular complexity index is 1020. The van der Waals surface area contributed by atoms with E-state index in [0.717, 1.165) is 16.8 Å². The SMILES string of the molecule is C=Cc1csc(-n2nc(-c3ccccc3)c(O)c2-c2ccccc2)n1. The van der Waals surface area contributed by atoms with Crippen LogP contribution in [0.3, 0.4) is 0 Å². The van der Waals surface area contributed by atoms with E-state index >= 15 is 0 Å². The number of rotatable bonds is 4. The van der Waals surface area contributed by atoms with Gasteiger partial charge in [0, 0.05) is 16.5 Å². The lowest BCUT2D eigenvalue weighted by Gasteiger charge is -2.04. The fraction of sp³-hybridized carbons (Fsp3) is 0. The molecular formula is C20H15N3OS. The molecule has 2 heterocycles. The maximum atomic E-state index is 10.9. The summed E-state index contributed by atoms with van der Waals surface area (Å²) >= 11 is 1.46. The lowest BCUT2D eigenvalue weighted by Crippen LogP contribution is -1.98. The summed E-state index contributed by atoms with van der Waals surface area (Å²) in [7, 11) is 0. The zero-order valence-electron chi connectivity index (χ0n) is 13.3. The molecular weight excluding hydrogens is 330 g/mol. The van der Waals surface area contributed by atoms with Gasteiger partial charge in [-0.05, 0) is 6.08 Å². The summed E-state index contributed by atoms with van der Waals surface area (Å²) in [5, 5.41) is 18.2. The average Bonchev–Trinajstić information content (AvgIpc) is 3.27. The van der Waals surface area contributed by atoms with Crippen LogP contribution in [-0.4, -0.2) is 19.9 Å². The van der Waals surface area contributed by atoms with Crippen LogP contribution in [0.4, 0.5) is 0 Å². The van der Waals surface area contributed by atoms with Gasteiger partial charge >= 0.3 is 0 Å². The third-order valence-electron chi connectivity index (χ3n) is 3.86. The summed E-state index contributed by atoms with van der Waals surface area (Å²) in [6.45, 7) is 3.75. The largest absolute Gasteiger partial charge is 0.504 e. The molecule has 2 aromatic carbocycles. The Morgan fingerprint density at radius 2 is 1.60 bits per heavy atom. The van der Waals surface area contributed by atoms with E-state index < -0.39 is 0 Å². The zero-order chi connectivity index (χ0) is 17.2. The molecule has 0 aliphatic heterocycles. The molecule has 4 rings (SSSR count). The van der Waals surface area contributed by atoms with Crippen LogP contribution >= 0.6 is 11.3 Å². The number of benzene rings is 2. The van der Waals surface area contributed by atoms with Gasteiger partial charge in [0.05, 0.1) is 5.69 Å². The summed E-state index contributed by atoms with van der Waals surface area (Å²) in [6.07, 6.45) is 1.70. The topological polar surface area (TPSA) is 50.9 Å². The molecule has 0 fully saturated rings. The molecule has 2 aromatic heterocycles. The average molecular weight is 345 g/mol. The summed E-state index contributed by atoms with van der Waals surface area (Å²) < 4.78 is 1.70. The highest BCUT2D eigenvalue weighted by molar-refractivity contribution is 7.12. The van der Waals surface area contributed by atoms with E-state index in [1.54, 1.807) is 10.8 Å². The zero-order valence-corrected chi connectivity index (χ0v) is 14.1. The van der Waals surface area contributed by atoms with Gasteiger partial charge in [-0.1, -0.05) is 67.2 Å². The number of hydrogen-bond donors (Lipinski definition) is 1. The lowest BCUT2D eigenvalue weighted by atomic mass is 10.1.